The van der Waals surface area contributed by atoms with E-state index in [9.17, 15) is 9.59 Å². The van der Waals surface area contributed by atoms with Gasteiger partial charge in [-0.2, -0.15) is 0 Å². The lowest BCUT2D eigenvalue weighted by Gasteiger charge is -2.24. The van der Waals surface area contributed by atoms with Gasteiger partial charge in [0.1, 0.15) is 5.60 Å². The summed E-state index contributed by atoms with van der Waals surface area (Å²) in [6, 6.07) is 8.07. The number of hydrogen-bond acceptors (Lipinski definition) is 3. The molecular formula is C16H19NO3. The number of nitrogens with one attached hydrogen (secondary N) is 1. The van der Waals surface area contributed by atoms with E-state index >= 15 is 0 Å². The lowest BCUT2D eigenvalue weighted by molar-refractivity contribution is -0.158. The molecule has 0 spiro atoms. The first kappa shape index (κ1) is 15.8. The standard InChI is InChI=1S/C16H19NO3/c1-5-9-13(18)17-14(12-10-7-6-8-11-12)15(19)20-16(2,3)4/h1,6-8,10-11,14H,9H2,2-4H3,(H,17,18)/t14-/m1/s1. The molecular weight excluding hydrogens is 254 g/mol. The summed E-state index contributed by atoms with van der Waals surface area (Å²) in [7, 11) is 0. The van der Waals surface area contributed by atoms with Gasteiger partial charge in [0.2, 0.25) is 5.91 Å². The van der Waals surface area contributed by atoms with Gasteiger partial charge in [-0.1, -0.05) is 36.3 Å². The minimum Gasteiger partial charge on any atom is -0.458 e. The molecule has 4 nitrogen and oxygen atoms in total. The second kappa shape index (κ2) is 6.76. The third-order valence-electron chi connectivity index (χ3n) is 2.34. The van der Waals surface area contributed by atoms with Crippen molar-refractivity contribution in [3.05, 3.63) is 35.9 Å². The molecule has 0 radical (unpaired) electrons. The van der Waals surface area contributed by atoms with Crippen LogP contribution in [-0.2, 0) is 14.3 Å². The molecule has 0 unspecified atom stereocenters. The van der Waals surface area contributed by atoms with Crippen LogP contribution in [0.5, 0.6) is 0 Å². The SMILES string of the molecule is C#CCC(=O)N[C@@H](C(=O)OC(C)(C)C)c1ccccc1. The molecule has 1 aromatic rings. The molecule has 0 aromatic heterocycles. The molecule has 0 aliphatic rings. The van der Waals surface area contributed by atoms with Gasteiger partial charge in [-0.25, -0.2) is 4.79 Å². The maximum atomic E-state index is 12.2. The maximum absolute atomic E-state index is 12.2. The van der Waals surface area contributed by atoms with Crippen LogP contribution < -0.4 is 5.32 Å². The molecule has 1 N–H and O–H groups in total. The molecule has 106 valence electrons. The number of hydrogen-bond donors (Lipinski definition) is 1. The number of carbonyl (C=O) groups is 2. The normalized spacial score (nSPS) is 12.1. The van der Waals surface area contributed by atoms with E-state index in [0.29, 0.717) is 5.56 Å². The van der Waals surface area contributed by atoms with Crippen LogP contribution in [0.3, 0.4) is 0 Å². The van der Waals surface area contributed by atoms with Crippen molar-refractivity contribution in [1.29, 1.82) is 0 Å². The Hall–Kier alpha value is -2.28. The quantitative estimate of drug-likeness (QED) is 0.676. The molecule has 1 aromatic carbocycles. The highest BCUT2D eigenvalue weighted by atomic mass is 16.6. The lowest BCUT2D eigenvalue weighted by Crippen LogP contribution is -2.37. The Balaban J connectivity index is 2.94. The van der Waals surface area contributed by atoms with Crippen LogP contribution in [0.1, 0.15) is 38.8 Å². The van der Waals surface area contributed by atoms with Crippen molar-refractivity contribution in [2.75, 3.05) is 0 Å². The number of carbonyl (C=O) groups excluding carboxylic acids is 2. The predicted octanol–water partition coefficient (Wildman–Crippen LogP) is 2.21. The topological polar surface area (TPSA) is 55.4 Å². The van der Waals surface area contributed by atoms with E-state index in [1.807, 2.05) is 6.07 Å². The van der Waals surface area contributed by atoms with Crippen molar-refractivity contribution >= 4 is 11.9 Å². The summed E-state index contributed by atoms with van der Waals surface area (Å²) in [5, 5.41) is 2.60. The lowest BCUT2D eigenvalue weighted by atomic mass is 10.1. The summed E-state index contributed by atoms with van der Waals surface area (Å²) in [5.74, 6) is 1.36. The minimum atomic E-state index is -0.851. The molecule has 0 bridgehead atoms. The summed E-state index contributed by atoms with van der Waals surface area (Å²) in [5.41, 5.74) is 0.0353. The van der Waals surface area contributed by atoms with Crippen molar-refractivity contribution in [2.24, 2.45) is 0 Å². The summed E-state index contributed by atoms with van der Waals surface area (Å²) < 4.78 is 5.33. The fourth-order valence-electron chi connectivity index (χ4n) is 1.59. The summed E-state index contributed by atoms with van der Waals surface area (Å²) in [6.07, 6.45) is 5.02. The van der Waals surface area contributed by atoms with E-state index < -0.39 is 17.6 Å². The highest BCUT2D eigenvalue weighted by Crippen LogP contribution is 2.18. The van der Waals surface area contributed by atoms with Crippen LogP contribution in [0.15, 0.2) is 30.3 Å². The van der Waals surface area contributed by atoms with Gasteiger partial charge >= 0.3 is 5.97 Å². The van der Waals surface area contributed by atoms with Crippen LogP contribution >= 0.6 is 0 Å². The number of terminal acetylenes is 1. The van der Waals surface area contributed by atoms with Crippen molar-refractivity contribution in [2.45, 2.75) is 38.8 Å². The Bertz CT molecular complexity index is 509. The molecule has 1 amide bonds. The number of amides is 1. The highest BCUT2D eigenvalue weighted by Gasteiger charge is 2.27. The summed E-state index contributed by atoms with van der Waals surface area (Å²) in [4.78, 5) is 23.8. The molecule has 0 aliphatic heterocycles. The second-order valence-electron chi connectivity index (χ2n) is 5.33. The van der Waals surface area contributed by atoms with Crippen molar-refractivity contribution < 1.29 is 14.3 Å². The molecule has 1 rings (SSSR count). The molecule has 0 saturated carbocycles. The molecule has 1 atom stereocenters. The zero-order chi connectivity index (χ0) is 15.2. The van der Waals surface area contributed by atoms with Crippen molar-refractivity contribution in [3.63, 3.8) is 0 Å². The first-order chi connectivity index (χ1) is 9.33. The Labute approximate surface area is 119 Å². The van der Waals surface area contributed by atoms with Crippen molar-refractivity contribution in [3.8, 4) is 12.3 Å². The van der Waals surface area contributed by atoms with Crippen LogP contribution in [0, 0.1) is 12.3 Å². The number of benzene rings is 1. The summed E-state index contributed by atoms with van der Waals surface area (Å²) in [6.45, 7) is 5.32. The van der Waals surface area contributed by atoms with Crippen LogP contribution in [-0.4, -0.2) is 17.5 Å². The Morgan fingerprint density at radius 2 is 1.90 bits per heavy atom. The minimum absolute atomic E-state index is 0.0773. The zero-order valence-corrected chi connectivity index (χ0v) is 12.0. The largest absolute Gasteiger partial charge is 0.458 e. The molecule has 0 heterocycles. The van der Waals surface area contributed by atoms with E-state index in [-0.39, 0.29) is 12.3 Å². The molecule has 0 aliphatic carbocycles. The zero-order valence-electron chi connectivity index (χ0n) is 12.0. The number of rotatable bonds is 4. The predicted molar refractivity (Wildman–Crippen MR) is 76.6 cm³/mol. The number of esters is 1. The maximum Gasteiger partial charge on any atom is 0.333 e. The average Bonchev–Trinajstić information content (AvgIpc) is 2.35. The summed E-state index contributed by atoms with van der Waals surface area (Å²) >= 11 is 0. The first-order valence-electron chi connectivity index (χ1n) is 6.34. The van der Waals surface area contributed by atoms with E-state index in [1.165, 1.54) is 0 Å². The van der Waals surface area contributed by atoms with Gasteiger partial charge in [0.15, 0.2) is 6.04 Å². The highest BCUT2D eigenvalue weighted by molar-refractivity contribution is 5.86. The molecule has 4 heteroatoms. The smallest absolute Gasteiger partial charge is 0.333 e. The van der Waals surface area contributed by atoms with Gasteiger partial charge in [0.25, 0.3) is 0 Å². The third kappa shape index (κ3) is 5.15. The molecule has 0 saturated heterocycles. The van der Waals surface area contributed by atoms with Crippen LogP contribution in [0.4, 0.5) is 0 Å². The number of ether oxygens (including phenoxy) is 1. The van der Waals surface area contributed by atoms with Gasteiger partial charge in [-0.15, -0.1) is 6.42 Å². The van der Waals surface area contributed by atoms with Crippen LogP contribution in [0.25, 0.3) is 0 Å². The van der Waals surface area contributed by atoms with E-state index in [4.69, 9.17) is 11.2 Å². The molecule has 0 fully saturated rings. The second-order valence-corrected chi connectivity index (χ2v) is 5.33. The van der Waals surface area contributed by atoms with E-state index in [2.05, 4.69) is 11.2 Å². The van der Waals surface area contributed by atoms with Gasteiger partial charge < -0.3 is 10.1 Å². The Kier molecular flexibility index (Phi) is 5.33. The Morgan fingerprint density at radius 3 is 2.40 bits per heavy atom. The van der Waals surface area contributed by atoms with Gasteiger partial charge in [0.05, 0.1) is 6.42 Å². The first-order valence-corrected chi connectivity index (χ1v) is 6.34. The average molecular weight is 273 g/mol. The third-order valence-corrected chi connectivity index (χ3v) is 2.34. The fraction of sp³-hybridized carbons (Fsp3) is 0.375. The van der Waals surface area contributed by atoms with Crippen molar-refractivity contribution in [1.82, 2.24) is 5.32 Å². The Morgan fingerprint density at radius 1 is 1.30 bits per heavy atom. The van der Waals surface area contributed by atoms with E-state index in [1.54, 1.807) is 45.0 Å². The van der Waals surface area contributed by atoms with Gasteiger partial charge in [0, 0.05) is 0 Å². The molecule has 20 heavy (non-hydrogen) atoms. The van der Waals surface area contributed by atoms with E-state index in [0.717, 1.165) is 0 Å². The van der Waals surface area contributed by atoms with Gasteiger partial charge in [-0.05, 0) is 26.3 Å². The monoisotopic (exact) mass is 273 g/mol. The fourth-order valence-corrected chi connectivity index (χ4v) is 1.59. The van der Waals surface area contributed by atoms with Crippen LogP contribution in [0.2, 0.25) is 0 Å². The van der Waals surface area contributed by atoms with Gasteiger partial charge in [-0.3, -0.25) is 4.79 Å².